The molecule has 10 heteroatoms. The summed E-state index contributed by atoms with van der Waals surface area (Å²) in [4.78, 5) is 19.4. The van der Waals surface area contributed by atoms with Crippen LogP contribution < -0.4 is 5.32 Å². The van der Waals surface area contributed by atoms with Crippen LogP contribution in [0.3, 0.4) is 0 Å². The fourth-order valence-corrected chi connectivity index (χ4v) is 6.30. The predicted molar refractivity (Wildman–Crippen MR) is 150 cm³/mol. The highest BCUT2D eigenvalue weighted by atomic mass is 32.2. The van der Waals surface area contributed by atoms with Crippen molar-refractivity contribution in [2.45, 2.75) is 65.1 Å². The first-order valence-electron chi connectivity index (χ1n) is 12.7. The van der Waals surface area contributed by atoms with E-state index in [4.69, 9.17) is 5.11 Å². The molecule has 0 atom stereocenters. The van der Waals surface area contributed by atoms with E-state index in [-0.39, 0.29) is 24.5 Å². The molecule has 9 nitrogen and oxygen atoms in total. The summed E-state index contributed by atoms with van der Waals surface area (Å²) in [5.41, 5.74) is -0.0952. The van der Waals surface area contributed by atoms with Crippen LogP contribution in [0, 0.1) is 10.8 Å². The molecule has 0 radical (unpaired) electrons. The molecule has 0 bridgehead atoms. The number of carboxylic acids is 1. The molecule has 0 unspecified atom stereocenters. The van der Waals surface area contributed by atoms with Gasteiger partial charge in [0.25, 0.3) is 0 Å². The molecule has 0 aliphatic carbocycles. The number of pyridine rings is 2. The van der Waals surface area contributed by atoms with Gasteiger partial charge in [-0.25, -0.2) is 13.4 Å². The van der Waals surface area contributed by atoms with Gasteiger partial charge in [-0.3, -0.25) is 9.78 Å². The molecule has 3 rings (SSSR count). The first kappa shape index (κ1) is 30.2. The van der Waals surface area contributed by atoms with E-state index in [1.54, 1.807) is 24.3 Å². The van der Waals surface area contributed by atoms with Crippen molar-refractivity contribution in [3.63, 3.8) is 0 Å². The third-order valence-electron chi connectivity index (χ3n) is 6.74. The fraction of sp³-hybridized carbons (Fsp3) is 0.414. The monoisotopic (exact) mass is 554 g/mol. The van der Waals surface area contributed by atoms with Crippen molar-refractivity contribution < 1.29 is 23.4 Å². The van der Waals surface area contributed by atoms with Crippen LogP contribution in [0.4, 0.5) is 5.82 Å². The van der Waals surface area contributed by atoms with Gasteiger partial charge in [0.05, 0.1) is 17.8 Å². The minimum absolute atomic E-state index is 0.0461. The second-order valence-corrected chi connectivity index (χ2v) is 13.6. The Labute approximate surface area is 231 Å². The average molecular weight is 555 g/mol. The smallest absolute Gasteiger partial charge is 0.322 e. The number of aliphatic hydroxyl groups is 1. The quantitative estimate of drug-likeness (QED) is 0.330. The molecule has 3 aromatic rings. The third-order valence-corrected chi connectivity index (χ3v) is 8.51. The highest BCUT2D eigenvalue weighted by Crippen LogP contribution is 2.51. The van der Waals surface area contributed by atoms with Gasteiger partial charge in [0.1, 0.15) is 17.3 Å². The minimum atomic E-state index is -3.95. The van der Waals surface area contributed by atoms with E-state index in [0.717, 1.165) is 11.1 Å². The zero-order valence-corrected chi connectivity index (χ0v) is 24.2. The highest BCUT2D eigenvalue weighted by molar-refractivity contribution is 7.89. The highest BCUT2D eigenvalue weighted by Gasteiger charge is 2.50. The van der Waals surface area contributed by atoms with Crippen LogP contribution in [-0.2, 0) is 33.5 Å². The van der Waals surface area contributed by atoms with Crippen LogP contribution >= 0.6 is 0 Å². The maximum atomic E-state index is 13.7. The van der Waals surface area contributed by atoms with E-state index >= 15 is 0 Å². The van der Waals surface area contributed by atoms with Crippen LogP contribution in [0.15, 0.2) is 71.9 Å². The number of sulfonamides is 1. The Balaban J connectivity index is 1.97. The summed E-state index contributed by atoms with van der Waals surface area (Å²) in [5.74, 6) is -0.696. The minimum Gasteiger partial charge on any atom is -0.480 e. The zero-order valence-electron chi connectivity index (χ0n) is 23.3. The van der Waals surface area contributed by atoms with E-state index in [0.29, 0.717) is 11.5 Å². The first-order valence-corrected chi connectivity index (χ1v) is 14.1. The Morgan fingerprint density at radius 1 is 0.923 bits per heavy atom. The molecule has 2 aromatic heterocycles. The van der Waals surface area contributed by atoms with Crippen LogP contribution in [-0.4, -0.2) is 45.4 Å². The molecule has 0 saturated heterocycles. The molecule has 1 aromatic carbocycles. The van der Waals surface area contributed by atoms with Gasteiger partial charge in [0, 0.05) is 18.9 Å². The number of nitrogens with one attached hydrogen (secondary N) is 1. The molecule has 0 spiro atoms. The van der Waals surface area contributed by atoms with Crippen LogP contribution in [0.1, 0.15) is 58.4 Å². The van der Waals surface area contributed by atoms with E-state index in [9.17, 15) is 18.3 Å². The number of aromatic nitrogens is 2. The summed E-state index contributed by atoms with van der Waals surface area (Å²) in [6.07, 6.45) is 2.81. The SMILES string of the molecule is CC(C)(C)C(O)(c1ccc(CN(Cc2cccc(NCC(=O)O)n2)S(=O)(=O)c2cccnc2)cc1)C(C)(C)C. The van der Waals surface area contributed by atoms with Gasteiger partial charge in [-0.15, -0.1) is 0 Å². The number of carbonyl (C=O) groups is 1. The molecule has 210 valence electrons. The summed E-state index contributed by atoms with van der Waals surface area (Å²) in [5, 5.41) is 23.5. The number of nitrogens with zero attached hydrogens (tertiary/aromatic N) is 3. The number of carboxylic acid groups (broad SMARTS) is 1. The number of benzene rings is 1. The maximum absolute atomic E-state index is 13.7. The molecule has 0 amide bonds. The number of aliphatic carboxylic acids is 1. The number of rotatable bonds is 10. The first-order chi connectivity index (χ1) is 18.1. The normalized spacial score (nSPS) is 12.9. The van der Waals surface area contributed by atoms with Gasteiger partial charge in [-0.2, -0.15) is 4.31 Å². The average Bonchev–Trinajstić information content (AvgIpc) is 2.86. The van der Waals surface area contributed by atoms with Gasteiger partial charge in [0.15, 0.2) is 0 Å². The van der Waals surface area contributed by atoms with Gasteiger partial charge < -0.3 is 15.5 Å². The molecule has 0 aliphatic rings. The topological polar surface area (TPSA) is 133 Å². The molecule has 3 N–H and O–H groups in total. The Hall–Kier alpha value is -3.34. The molecular formula is C29H38N4O5S. The van der Waals surface area contributed by atoms with Crippen LogP contribution in [0.2, 0.25) is 0 Å². The fourth-order valence-electron chi connectivity index (χ4n) is 4.93. The molecular weight excluding hydrogens is 516 g/mol. The van der Waals surface area contributed by atoms with Crippen LogP contribution in [0.25, 0.3) is 0 Å². The lowest BCUT2D eigenvalue weighted by Crippen LogP contribution is -2.50. The zero-order chi connectivity index (χ0) is 29.1. The van der Waals surface area contributed by atoms with Gasteiger partial charge in [0.2, 0.25) is 10.0 Å². The lowest BCUT2D eigenvalue weighted by atomic mass is 9.59. The molecule has 0 aliphatic heterocycles. The van der Waals surface area contributed by atoms with Crippen molar-refractivity contribution in [1.29, 1.82) is 0 Å². The van der Waals surface area contributed by atoms with Crippen molar-refractivity contribution in [1.82, 2.24) is 14.3 Å². The lowest BCUT2D eigenvalue weighted by Gasteiger charge is -2.50. The van der Waals surface area contributed by atoms with E-state index < -0.39 is 32.4 Å². The molecule has 2 heterocycles. The van der Waals surface area contributed by atoms with E-state index in [2.05, 4.69) is 15.3 Å². The van der Waals surface area contributed by atoms with Gasteiger partial charge in [-0.1, -0.05) is 71.9 Å². The van der Waals surface area contributed by atoms with Gasteiger partial charge in [-0.05, 0) is 46.2 Å². The van der Waals surface area contributed by atoms with Crippen LogP contribution in [0.5, 0.6) is 0 Å². The van der Waals surface area contributed by atoms with E-state index in [1.807, 2.05) is 65.8 Å². The molecule has 39 heavy (non-hydrogen) atoms. The largest absolute Gasteiger partial charge is 0.480 e. The Bertz CT molecular complexity index is 1370. The Kier molecular flexibility index (Phi) is 8.84. The number of hydrogen-bond acceptors (Lipinski definition) is 7. The maximum Gasteiger partial charge on any atom is 0.322 e. The summed E-state index contributed by atoms with van der Waals surface area (Å²) < 4.78 is 28.6. The lowest BCUT2D eigenvalue weighted by molar-refractivity contribution is -0.145. The van der Waals surface area contributed by atoms with Crippen molar-refractivity contribution in [3.05, 3.63) is 83.8 Å². The molecule has 0 fully saturated rings. The summed E-state index contributed by atoms with van der Waals surface area (Å²) >= 11 is 0. The summed E-state index contributed by atoms with van der Waals surface area (Å²) in [7, 11) is -3.95. The second-order valence-electron chi connectivity index (χ2n) is 11.6. The van der Waals surface area contributed by atoms with E-state index in [1.165, 1.54) is 22.8 Å². The standard InChI is InChI=1S/C29H38N4O5S/c1-27(2,3)29(36,28(4,5)6)22-14-12-21(13-15-22)19-33(39(37,38)24-10-8-16-30-17-24)20-23-9-7-11-25(32-23)31-18-26(34)35/h7-17,36H,18-20H2,1-6H3,(H,31,32)(H,34,35). The summed E-state index contributed by atoms with van der Waals surface area (Å²) in [6, 6.07) is 15.4. The van der Waals surface area contributed by atoms with Crippen molar-refractivity contribution >= 4 is 21.8 Å². The number of anilines is 1. The number of hydrogen-bond donors (Lipinski definition) is 3. The van der Waals surface area contributed by atoms with Crippen molar-refractivity contribution in [2.24, 2.45) is 10.8 Å². The van der Waals surface area contributed by atoms with Crippen molar-refractivity contribution in [2.75, 3.05) is 11.9 Å². The Morgan fingerprint density at radius 2 is 1.56 bits per heavy atom. The summed E-state index contributed by atoms with van der Waals surface area (Å²) in [6.45, 7) is 11.7. The third kappa shape index (κ3) is 6.81. The predicted octanol–water partition coefficient (Wildman–Crippen LogP) is 4.64. The van der Waals surface area contributed by atoms with Crippen molar-refractivity contribution in [3.8, 4) is 0 Å². The Morgan fingerprint density at radius 3 is 2.10 bits per heavy atom. The van der Waals surface area contributed by atoms with Gasteiger partial charge >= 0.3 is 5.97 Å². The molecule has 0 saturated carbocycles. The second kappa shape index (κ2) is 11.4.